The van der Waals surface area contributed by atoms with E-state index >= 15 is 0 Å². The third-order valence-corrected chi connectivity index (χ3v) is 5.38. The molecule has 0 amide bonds. The number of aliphatic hydroxyl groups excluding tert-OH is 1. The summed E-state index contributed by atoms with van der Waals surface area (Å²) in [6.07, 6.45) is -2.72. The molecule has 27 heavy (non-hydrogen) atoms. The van der Waals surface area contributed by atoms with Crippen molar-refractivity contribution in [3.63, 3.8) is 0 Å². The zero-order valence-electron chi connectivity index (χ0n) is 14.6. The maximum Gasteiger partial charge on any atom is 0.338 e. The minimum atomic E-state index is -1.11. The molecule has 7 nitrogen and oxygen atoms in total. The van der Waals surface area contributed by atoms with Crippen LogP contribution in [0.15, 0.2) is 70.7 Å². The smallest absolute Gasteiger partial charge is 0.338 e. The van der Waals surface area contributed by atoms with E-state index in [1.165, 1.54) is 11.8 Å². The molecule has 1 heterocycles. The van der Waals surface area contributed by atoms with Crippen LogP contribution in [0.3, 0.4) is 0 Å². The molecular weight excluding hydrogens is 366 g/mol. The summed E-state index contributed by atoms with van der Waals surface area (Å²) in [5.41, 5.74) is 8.75. The van der Waals surface area contributed by atoms with Crippen molar-refractivity contribution in [2.75, 3.05) is 0 Å². The van der Waals surface area contributed by atoms with Crippen LogP contribution in [-0.4, -0.2) is 40.9 Å². The molecule has 0 spiro atoms. The van der Waals surface area contributed by atoms with E-state index in [1.54, 1.807) is 37.3 Å². The topological polar surface area (TPSA) is 105 Å². The SMILES string of the molecule is C[C@H]1O[C@@H](Sc2ccccc2)[C@H](N=[N+]=[N-])[C@@H](OC(=O)c2ccccc2)[C@H]1O. The Kier molecular flexibility index (Phi) is 6.36. The Balaban J connectivity index is 1.84. The van der Waals surface area contributed by atoms with E-state index in [9.17, 15) is 9.90 Å². The first-order valence-corrected chi connectivity index (χ1v) is 9.33. The lowest BCUT2D eigenvalue weighted by atomic mass is 9.99. The predicted molar refractivity (Wildman–Crippen MR) is 101 cm³/mol. The zero-order chi connectivity index (χ0) is 19.2. The van der Waals surface area contributed by atoms with Crippen molar-refractivity contribution in [3.8, 4) is 0 Å². The Morgan fingerprint density at radius 2 is 1.81 bits per heavy atom. The summed E-state index contributed by atoms with van der Waals surface area (Å²) in [6.45, 7) is 1.69. The number of azide groups is 1. The summed E-state index contributed by atoms with van der Waals surface area (Å²) in [5.74, 6) is -0.588. The zero-order valence-corrected chi connectivity index (χ0v) is 15.4. The average molecular weight is 385 g/mol. The third-order valence-electron chi connectivity index (χ3n) is 4.21. The van der Waals surface area contributed by atoms with E-state index in [0.717, 1.165) is 4.90 Å². The molecule has 0 unspecified atom stereocenters. The fourth-order valence-corrected chi connectivity index (χ4v) is 3.97. The minimum Gasteiger partial charge on any atom is -0.455 e. The second kappa shape index (κ2) is 8.92. The monoisotopic (exact) mass is 385 g/mol. The number of benzene rings is 2. The fraction of sp³-hybridized carbons (Fsp3) is 0.316. The van der Waals surface area contributed by atoms with Crippen LogP contribution in [0.5, 0.6) is 0 Å². The van der Waals surface area contributed by atoms with Crippen LogP contribution in [0.25, 0.3) is 10.4 Å². The van der Waals surface area contributed by atoms with Crippen molar-refractivity contribution in [3.05, 3.63) is 76.7 Å². The summed E-state index contributed by atoms with van der Waals surface area (Å²) in [6, 6.07) is 17.1. The molecule has 3 rings (SSSR count). The van der Waals surface area contributed by atoms with Crippen LogP contribution in [-0.2, 0) is 9.47 Å². The highest BCUT2D eigenvalue weighted by molar-refractivity contribution is 7.99. The molecule has 1 saturated heterocycles. The molecule has 0 aromatic heterocycles. The molecule has 140 valence electrons. The van der Waals surface area contributed by atoms with Gasteiger partial charge in [-0.05, 0) is 36.7 Å². The number of hydrogen-bond acceptors (Lipinski definition) is 6. The summed E-state index contributed by atoms with van der Waals surface area (Å²) >= 11 is 1.36. The van der Waals surface area contributed by atoms with Crippen molar-refractivity contribution in [1.29, 1.82) is 0 Å². The van der Waals surface area contributed by atoms with Crippen molar-refractivity contribution < 1.29 is 19.4 Å². The molecule has 1 aliphatic rings. The standard InChI is InChI=1S/C19H19N3O4S/c1-12-16(23)17(26-18(24)13-8-4-2-5-9-13)15(21-22-20)19(25-12)27-14-10-6-3-7-11-14/h2-12,15-17,19,23H,1H3/t12-,15-,16+,17-,19+/m1/s1. The third kappa shape index (κ3) is 4.61. The lowest BCUT2D eigenvalue weighted by molar-refractivity contribution is -0.149. The van der Waals surface area contributed by atoms with Gasteiger partial charge in [0, 0.05) is 9.81 Å². The Bertz CT molecular complexity index is 814. The van der Waals surface area contributed by atoms with E-state index in [2.05, 4.69) is 10.0 Å². The largest absolute Gasteiger partial charge is 0.455 e. The van der Waals surface area contributed by atoms with E-state index in [1.807, 2.05) is 30.3 Å². The van der Waals surface area contributed by atoms with Crippen LogP contribution in [0.1, 0.15) is 17.3 Å². The van der Waals surface area contributed by atoms with E-state index in [-0.39, 0.29) is 0 Å². The Morgan fingerprint density at radius 1 is 1.19 bits per heavy atom. The van der Waals surface area contributed by atoms with Gasteiger partial charge in [0.25, 0.3) is 0 Å². The van der Waals surface area contributed by atoms with Gasteiger partial charge in [-0.1, -0.05) is 53.3 Å². The molecule has 0 saturated carbocycles. The van der Waals surface area contributed by atoms with Gasteiger partial charge in [0.2, 0.25) is 0 Å². The number of ether oxygens (including phenoxy) is 2. The van der Waals surface area contributed by atoms with Gasteiger partial charge in [-0.2, -0.15) is 0 Å². The second-order valence-electron chi connectivity index (χ2n) is 6.06. The number of aliphatic hydroxyl groups is 1. The normalized spacial score (nSPS) is 27.4. The Hall–Kier alpha value is -2.51. The van der Waals surface area contributed by atoms with E-state index < -0.39 is 35.8 Å². The van der Waals surface area contributed by atoms with Gasteiger partial charge in [-0.3, -0.25) is 0 Å². The Morgan fingerprint density at radius 3 is 2.44 bits per heavy atom. The van der Waals surface area contributed by atoms with Crippen LogP contribution >= 0.6 is 11.8 Å². The number of carbonyl (C=O) groups is 1. The van der Waals surface area contributed by atoms with Gasteiger partial charge in [0.1, 0.15) is 23.7 Å². The summed E-state index contributed by atoms with van der Waals surface area (Å²) in [7, 11) is 0. The maximum atomic E-state index is 12.5. The first kappa shape index (κ1) is 19.3. The first-order chi connectivity index (χ1) is 13.1. The highest BCUT2D eigenvalue weighted by atomic mass is 32.2. The van der Waals surface area contributed by atoms with Crippen molar-refractivity contribution in [2.45, 2.75) is 41.6 Å². The Labute approximate surface area is 160 Å². The molecule has 0 radical (unpaired) electrons. The molecule has 2 aromatic rings. The quantitative estimate of drug-likeness (QED) is 0.365. The molecule has 5 atom stereocenters. The van der Waals surface area contributed by atoms with Crippen molar-refractivity contribution in [1.82, 2.24) is 0 Å². The number of esters is 1. The molecule has 1 N–H and O–H groups in total. The summed E-state index contributed by atoms with van der Waals surface area (Å²) < 4.78 is 11.4. The number of rotatable bonds is 5. The molecule has 0 aliphatic carbocycles. The lowest BCUT2D eigenvalue weighted by Gasteiger charge is -2.41. The number of thioether (sulfide) groups is 1. The van der Waals surface area contributed by atoms with Crippen LogP contribution in [0.2, 0.25) is 0 Å². The minimum absolute atomic E-state index is 0.357. The summed E-state index contributed by atoms with van der Waals surface area (Å²) in [5, 5.41) is 14.3. The summed E-state index contributed by atoms with van der Waals surface area (Å²) in [4.78, 5) is 16.2. The maximum absolute atomic E-state index is 12.5. The average Bonchev–Trinajstić information content (AvgIpc) is 2.70. The highest BCUT2D eigenvalue weighted by Crippen LogP contribution is 2.36. The van der Waals surface area contributed by atoms with Gasteiger partial charge in [-0.25, -0.2) is 4.79 Å². The number of hydrogen-bond donors (Lipinski definition) is 1. The first-order valence-electron chi connectivity index (χ1n) is 8.45. The molecule has 1 aliphatic heterocycles. The van der Waals surface area contributed by atoms with Gasteiger partial charge < -0.3 is 14.6 Å². The lowest BCUT2D eigenvalue weighted by Crippen LogP contribution is -2.56. The van der Waals surface area contributed by atoms with Gasteiger partial charge in [-0.15, -0.1) is 0 Å². The molecule has 0 bridgehead atoms. The van der Waals surface area contributed by atoms with Crippen LogP contribution in [0.4, 0.5) is 0 Å². The fourth-order valence-electron chi connectivity index (χ4n) is 2.81. The number of nitrogens with zero attached hydrogens (tertiary/aromatic N) is 3. The van der Waals surface area contributed by atoms with Crippen molar-refractivity contribution >= 4 is 17.7 Å². The molecular formula is C19H19N3O4S. The predicted octanol–water partition coefficient (Wildman–Crippen LogP) is 3.79. The van der Waals surface area contributed by atoms with Gasteiger partial charge in [0.05, 0.1) is 11.7 Å². The molecule has 2 aromatic carbocycles. The number of carbonyl (C=O) groups excluding carboxylic acids is 1. The molecule has 1 fully saturated rings. The second-order valence-corrected chi connectivity index (χ2v) is 7.23. The highest BCUT2D eigenvalue weighted by Gasteiger charge is 2.46. The van der Waals surface area contributed by atoms with Gasteiger partial charge >= 0.3 is 5.97 Å². The van der Waals surface area contributed by atoms with Crippen LogP contribution < -0.4 is 0 Å². The molecule has 8 heteroatoms. The van der Waals surface area contributed by atoms with E-state index in [0.29, 0.717) is 5.56 Å². The van der Waals surface area contributed by atoms with Gasteiger partial charge in [0.15, 0.2) is 0 Å². The van der Waals surface area contributed by atoms with Crippen LogP contribution in [0, 0.1) is 0 Å². The van der Waals surface area contributed by atoms with E-state index in [4.69, 9.17) is 15.0 Å². The van der Waals surface area contributed by atoms with Crippen molar-refractivity contribution in [2.24, 2.45) is 5.11 Å².